The number of hydrogen-bond donors (Lipinski definition) is 2. The van der Waals surface area contributed by atoms with Gasteiger partial charge in [0, 0.05) is 47.0 Å². The van der Waals surface area contributed by atoms with Gasteiger partial charge in [-0.05, 0) is 80.5 Å². The predicted octanol–water partition coefficient (Wildman–Crippen LogP) is 5.03. The van der Waals surface area contributed by atoms with E-state index >= 15 is 0 Å². The Labute approximate surface area is 216 Å². The summed E-state index contributed by atoms with van der Waals surface area (Å²) in [6.45, 7) is 3.83. The maximum absolute atomic E-state index is 13.0. The summed E-state index contributed by atoms with van der Waals surface area (Å²) in [4.78, 5) is 38.6. The van der Waals surface area contributed by atoms with Crippen LogP contribution in [0.4, 0.5) is 5.69 Å². The Kier molecular flexibility index (Phi) is 6.87. The summed E-state index contributed by atoms with van der Waals surface area (Å²) in [5.74, 6) is 0.354. The minimum absolute atomic E-state index is 0.0889. The van der Waals surface area contributed by atoms with Gasteiger partial charge in [-0.15, -0.1) is 0 Å². The Balaban J connectivity index is 1.39. The number of carbonyl (C=O) groups excluding carboxylic acids is 3. The third-order valence-electron chi connectivity index (χ3n) is 7.46. The van der Waals surface area contributed by atoms with E-state index in [1.54, 1.807) is 6.07 Å². The van der Waals surface area contributed by atoms with Gasteiger partial charge in [-0.1, -0.05) is 12.1 Å². The first-order chi connectivity index (χ1) is 17.9. The molecule has 0 saturated carbocycles. The lowest BCUT2D eigenvalue weighted by atomic mass is 9.71. The summed E-state index contributed by atoms with van der Waals surface area (Å²) < 4.78 is 11.4. The van der Waals surface area contributed by atoms with Gasteiger partial charge >= 0.3 is 0 Å². The number of dihydropyridines is 1. The number of Topliss-reactive ketones (excluding diaryl/α,β-unsaturated/α-hetero) is 2. The fraction of sp³-hybridized carbons (Fsp3) is 0.367. The van der Waals surface area contributed by atoms with Crippen LogP contribution in [0.25, 0.3) is 0 Å². The van der Waals surface area contributed by atoms with Gasteiger partial charge in [-0.2, -0.15) is 0 Å². The van der Waals surface area contributed by atoms with Crippen molar-refractivity contribution in [1.82, 2.24) is 5.32 Å². The maximum Gasteiger partial charge on any atom is 0.262 e. The van der Waals surface area contributed by atoms with Gasteiger partial charge in [0.15, 0.2) is 29.7 Å². The van der Waals surface area contributed by atoms with Crippen LogP contribution in [0.3, 0.4) is 0 Å². The van der Waals surface area contributed by atoms with Gasteiger partial charge in [-0.25, -0.2) is 0 Å². The van der Waals surface area contributed by atoms with Gasteiger partial charge in [0.25, 0.3) is 5.91 Å². The summed E-state index contributed by atoms with van der Waals surface area (Å²) in [6, 6.07) is 11.2. The van der Waals surface area contributed by atoms with E-state index in [0.29, 0.717) is 41.2 Å². The Morgan fingerprint density at radius 3 is 2.19 bits per heavy atom. The van der Waals surface area contributed by atoms with Crippen LogP contribution in [0.1, 0.15) is 61.1 Å². The lowest BCUT2D eigenvalue weighted by molar-refractivity contribution is -0.118. The fourth-order valence-corrected chi connectivity index (χ4v) is 5.46. The molecule has 0 atom stereocenters. The number of methoxy groups -OCH3 is 1. The topological polar surface area (TPSA) is 93.7 Å². The molecule has 0 fully saturated rings. The maximum atomic E-state index is 13.0. The van der Waals surface area contributed by atoms with Gasteiger partial charge < -0.3 is 20.1 Å². The van der Waals surface area contributed by atoms with E-state index in [2.05, 4.69) is 10.6 Å². The highest BCUT2D eigenvalue weighted by Crippen LogP contribution is 2.46. The molecule has 0 bridgehead atoms. The number of nitrogens with one attached hydrogen (secondary N) is 2. The third kappa shape index (κ3) is 4.90. The monoisotopic (exact) mass is 500 g/mol. The number of carbonyl (C=O) groups is 3. The van der Waals surface area contributed by atoms with E-state index in [4.69, 9.17) is 9.47 Å². The Hall–Kier alpha value is -3.87. The first-order valence-electron chi connectivity index (χ1n) is 12.8. The van der Waals surface area contributed by atoms with Crippen molar-refractivity contribution >= 4 is 23.2 Å². The number of ketones is 2. The van der Waals surface area contributed by atoms with Crippen molar-refractivity contribution < 1.29 is 23.9 Å². The van der Waals surface area contributed by atoms with Gasteiger partial charge in [-0.3, -0.25) is 14.4 Å². The molecule has 37 heavy (non-hydrogen) atoms. The first-order valence-corrected chi connectivity index (χ1v) is 12.8. The number of ether oxygens (including phenoxy) is 2. The van der Waals surface area contributed by atoms with E-state index in [-0.39, 0.29) is 24.1 Å². The predicted molar refractivity (Wildman–Crippen MR) is 141 cm³/mol. The minimum Gasteiger partial charge on any atom is -0.493 e. The molecule has 5 rings (SSSR count). The summed E-state index contributed by atoms with van der Waals surface area (Å²) in [5.41, 5.74) is 7.06. The summed E-state index contributed by atoms with van der Waals surface area (Å²) >= 11 is 0. The molecular formula is C30H32N2O5. The van der Waals surface area contributed by atoms with E-state index < -0.39 is 5.92 Å². The average molecular weight is 501 g/mol. The van der Waals surface area contributed by atoms with Crippen molar-refractivity contribution in [2.75, 3.05) is 19.0 Å². The van der Waals surface area contributed by atoms with Gasteiger partial charge in [0.2, 0.25) is 0 Å². The lowest BCUT2D eigenvalue weighted by Crippen LogP contribution is -2.36. The largest absolute Gasteiger partial charge is 0.493 e. The standard InChI is InChI=1S/C30H32N2O5/c1-17-10-12-20(14-18(17)2)31-27(35)16-37-25-13-11-19(15-26(25)36-3)28-29-21(6-4-8-23(29)33)32-22-7-5-9-24(34)30(22)28/h10-15,28,32H,4-9,16H2,1-3H3,(H,31,35). The van der Waals surface area contributed by atoms with Crippen LogP contribution in [0.2, 0.25) is 0 Å². The molecule has 1 amide bonds. The molecule has 0 radical (unpaired) electrons. The number of benzene rings is 2. The molecule has 7 nitrogen and oxygen atoms in total. The molecular weight excluding hydrogens is 468 g/mol. The van der Waals surface area contributed by atoms with Crippen molar-refractivity contribution in [3.8, 4) is 11.5 Å². The van der Waals surface area contributed by atoms with Gasteiger partial charge in [0.1, 0.15) is 0 Å². The first kappa shape index (κ1) is 24.8. The highest BCUT2D eigenvalue weighted by atomic mass is 16.5. The van der Waals surface area contributed by atoms with E-state index in [0.717, 1.165) is 53.8 Å². The summed E-state index contributed by atoms with van der Waals surface area (Å²) in [5, 5.41) is 6.29. The molecule has 7 heteroatoms. The van der Waals surface area contributed by atoms with Crippen LogP contribution < -0.4 is 20.1 Å². The summed E-state index contributed by atoms with van der Waals surface area (Å²) in [6.07, 6.45) is 4.21. The second-order valence-corrected chi connectivity index (χ2v) is 9.94. The quantitative estimate of drug-likeness (QED) is 0.578. The molecule has 1 aliphatic heterocycles. The fourth-order valence-electron chi connectivity index (χ4n) is 5.46. The molecule has 0 saturated heterocycles. The van der Waals surface area contributed by atoms with Crippen LogP contribution in [0.15, 0.2) is 58.9 Å². The molecule has 2 aliphatic carbocycles. The lowest BCUT2D eigenvalue weighted by Gasteiger charge is -2.37. The van der Waals surface area contributed by atoms with Gasteiger partial charge in [0.05, 0.1) is 7.11 Å². The smallest absolute Gasteiger partial charge is 0.262 e. The van der Waals surface area contributed by atoms with Crippen molar-refractivity contribution in [2.24, 2.45) is 0 Å². The highest BCUT2D eigenvalue weighted by Gasteiger charge is 2.40. The highest BCUT2D eigenvalue weighted by molar-refractivity contribution is 6.06. The number of anilines is 1. The molecule has 0 spiro atoms. The second kappa shape index (κ2) is 10.2. The van der Waals surface area contributed by atoms with Crippen LogP contribution in [0.5, 0.6) is 11.5 Å². The number of amides is 1. The van der Waals surface area contributed by atoms with Crippen molar-refractivity contribution in [1.29, 1.82) is 0 Å². The molecule has 0 aromatic heterocycles. The Morgan fingerprint density at radius 2 is 1.57 bits per heavy atom. The normalized spacial score (nSPS) is 17.7. The molecule has 0 unspecified atom stereocenters. The number of allylic oxidation sites excluding steroid dienone is 4. The zero-order valence-electron chi connectivity index (χ0n) is 21.5. The molecule has 2 aromatic carbocycles. The van der Waals surface area contributed by atoms with Crippen molar-refractivity contribution in [2.45, 2.75) is 58.3 Å². The van der Waals surface area contributed by atoms with E-state index in [1.165, 1.54) is 7.11 Å². The minimum atomic E-state index is -0.414. The SMILES string of the molecule is COc1cc(C2C3=C(CCCC3=O)NC3=C2C(=O)CCC3)ccc1OCC(=O)Nc1ccc(C)c(C)c1. The molecule has 1 heterocycles. The van der Waals surface area contributed by atoms with Crippen molar-refractivity contribution in [3.63, 3.8) is 0 Å². The second-order valence-electron chi connectivity index (χ2n) is 9.94. The Bertz CT molecular complexity index is 1310. The van der Waals surface area contributed by atoms with Crippen LogP contribution in [0, 0.1) is 13.8 Å². The molecule has 2 N–H and O–H groups in total. The van der Waals surface area contributed by atoms with Crippen LogP contribution in [-0.4, -0.2) is 31.2 Å². The molecule has 192 valence electrons. The number of aryl methyl sites for hydroxylation is 2. The van der Waals surface area contributed by atoms with Crippen LogP contribution >= 0.6 is 0 Å². The van der Waals surface area contributed by atoms with Crippen LogP contribution in [-0.2, 0) is 14.4 Å². The zero-order valence-corrected chi connectivity index (χ0v) is 21.5. The average Bonchev–Trinajstić information content (AvgIpc) is 2.89. The molecule has 2 aromatic rings. The number of rotatable bonds is 6. The third-order valence-corrected chi connectivity index (χ3v) is 7.46. The van der Waals surface area contributed by atoms with Crippen molar-refractivity contribution in [3.05, 3.63) is 75.6 Å². The summed E-state index contributed by atoms with van der Waals surface area (Å²) in [7, 11) is 1.54. The van der Waals surface area contributed by atoms with E-state index in [1.807, 2.05) is 44.2 Å². The number of hydrogen-bond acceptors (Lipinski definition) is 6. The Morgan fingerprint density at radius 1 is 0.892 bits per heavy atom. The molecule has 3 aliphatic rings. The zero-order chi connectivity index (χ0) is 26.1. The van der Waals surface area contributed by atoms with E-state index in [9.17, 15) is 14.4 Å².